The zero-order chi connectivity index (χ0) is 14.4. The lowest BCUT2D eigenvalue weighted by Crippen LogP contribution is -2.26. The fourth-order valence-corrected chi connectivity index (χ4v) is 2.50. The predicted molar refractivity (Wildman–Crippen MR) is 80.2 cm³/mol. The Morgan fingerprint density at radius 2 is 2.10 bits per heavy atom. The fraction of sp³-hybridized carbons (Fsp3) is 0.438. The molecular weight excluding hydrogens is 250 g/mol. The number of aliphatic hydroxyl groups excluding tert-OH is 1. The van der Waals surface area contributed by atoms with E-state index in [4.69, 9.17) is 16.1 Å². The van der Waals surface area contributed by atoms with E-state index < -0.39 is 0 Å². The molecule has 20 heavy (non-hydrogen) atoms. The van der Waals surface area contributed by atoms with Gasteiger partial charge in [0.15, 0.2) is 0 Å². The number of hydrogen-bond acceptors (Lipinski definition) is 3. The molecule has 1 aromatic carbocycles. The number of hydrogen-bond donors (Lipinski definition) is 2. The third kappa shape index (κ3) is 3.38. The summed E-state index contributed by atoms with van der Waals surface area (Å²) in [7, 11) is 0. The van der Waals surface area contributed by atoms with Gasteiger partial charge in [-0.15, -0.1) is 0 Å². The molecule has 0 fully saturated rings. The van der Waals surface area contributed by atoms with Gasteiger partial charge in [-0.3, -0.25) is 0 Å². The number of unbranched alkanes of at least 4 members (excludes halogenated alkanes) is 2. The van der Waals surface area contributed by atoms with E-state index in [0.717, 1.165) is 19.4 Å². The van der Waals surface area contributed by atoms with E-state index in [0.29, 0.717) is 12.8 Å². The smallest absolute Gasteiger partial charge is 0.0621 e. The summed E-state index contributed by atoms with van der Waals surface area (Å²) in [4.78, 5) is 0. The number of fused-ring (bicyclic) bond motifs is 1. The summed E-state index contributed by atoms with van der Waals surface area (Å²) in [5.74, 6) is 0. The average Bonchev–Trinajstić information content (AvgIpc) is 2.82. The Labute approximate surface area is 119 Å². The summed E-state index contributed by atoms with van der Waals surface area (Å²) in [5.41, 5.74) is 8.23. The van der Waals surface area contributed by atoms with Crippen LogP contribution in [0.15, 0.2) is 30.5 Å². The van der Waals surface area contributed by atoms with E-state index in [2.05, 4.69) is 29.0 Å². The number of aromatic nitrogens is 1. The summed E-state index contributed by atoms with van der Waals surface area (Å²) in [6.07, 6.45) is 5.35. The van der Waals surface area contributed by atoms with Gasteiger partial charge in [0.25, 0.3) is 0 Å². The van der Waals surface area contributed by atoms with Crippen LogP contribution in [0.2, 0.25) is 0 Å². The molecule has 1 heterocycles. The fourth-order valence-electron chi connectivity index (χ4n) is 2.50. The molecule has 106 valence electrons. The Morgan fingerprint density at radius 3 is 2.85 bits per heavy atom. The second kappa shape index (κ2) is 7.09. The van der Waals surface area contributed by atoms with Crippen LogP contribution in [0, 0.1) is 11.3 Å². The van der Waals surface area contributed by atoms with Gasteiger partial charge in [-0.2, -0.15) is 5.26 Å². The molecule has 0 unspecified atom stereocenters. The Balaban J connectivity index is 2.19. The summed E-state index contributed by atoms with van der Waals surface area (Å²) in [6.45, 7) is 0.915. The van der Waals surface area contributed by atoms with Gasteiger partial charge in [0.05, 0.1) is 12.7 Å². The molecule has 0 spiro atoms. The van der Waals surface area contributed by atoms with Gasteiger partial charge < -0.3 is 15.4 Å². The normalized spacial score (nSPS) is 12.4. The van der Waals surface area contributed by atoms with Crippen LogP contribution in [0.1, 0.15) is 24.8 Å². The third-order valence-electron chi connectivity index (χ3n) is 3.53. The standard InChI is InChI=1S/C16H21N3O/c17-8-4-1-5-9-19-11-13(10-14(18)12-20)15-6-2-3-7-16(15)19/h2-3,6-7,11,14,20H,1,4-5,9-10,12,18H2/t14-/m0/s1. The maximum Gasteiger partial charge on any atom is 0.0621 e. The van der Waals surface area contributed by atoms with Crippen LogP contribution in [-0.2, 0) is 13.0 Å². The highest BCUT2D eigenvalue weighted by atomic mass is 16.3. The molecule has 1 atom stereocenters. The van der Waals surface area contributed by atoms with Gasteiger partial charge in [0.1, 0.15) is 0 Å². The molecule has 0 aliphatic carbocycles. The molecular formula is C16H21N3O. The highest BCUT2D eigenvalue weighted by molar-refractivity contribution is 5.84. The van der Waals surface area contributed by atoms with E-state index in [9.17, 15) is 0 Å². The zero-order valence-electron chi connectivity index (χ0n) is 11.6. The zero-order valence-corrected chi connectivity index (χ0v) is 11.6. The molecule has 4 nitrogen and oxygen atoms in total. The molecule has 0 bridgehead atoms. The minimum atomic E-state index is -0.215. The lowest BCUT2D eigenvalue weighted by Gasteiger charge is -2.06. The number of aryl methyl sites for hydroxylation is 1. The second-order valence-corrected chi connectivity index (χ2v) is 5.13. The monoisotopic (exact) mass is 271 g/mol. The van der Waals surface area contributed by atoms with Crippen molar-refractivity contribution in [3.8, 4) is 6.07 Å². The van der Waals surface area contributed by atoms with E-state index >= 15 is 0 Å². The third-order valence-corrected chi connectivity index (χ3v) is 3.53. The average molecular weight is 271 g/mol. The summed E-state index contributed by atoms with van der Waals surface area (Å²) < 4.78 is 2.23. The van der Waals surface area contributed by atoms with Crippen molar-refractivity contribution in [3.05, 3.63) is 36.0 Å². The van der Waals surface area contributed by atoms with Crippen molar-refractivity contribution < 1.29 is 5.11 Å². The molecule has 0 aliphatic rings. The number of aliphatic hydroxyl groups is 1. The first-order chi connectivity index (χ1) is 9.76. The van der Waals surface area contributed by atoms with Crippen LogP contribution in [0.5, 0.6) is 0 Å². The predicted octanol–water partition coefficient (Wildman–Crippen LogP) is 2.20. The van der Waals surface area contributed by atoms with Crippen molar-refractivity contribution in [2.75, 3.05) is 6.61 Å². The Hall–Kier alpha value is -1.83. The lowest BCUT2D eigenvalue weighted by molar-refractivity contribution is 0.265. The highest BCUT2D eigenvalue weighted by Crippen LogP contribution is 2.23. The van der Waals surface area contributed by atoms with E-state index in [1.54, 1.807) is 0 Å². The molecule has 0 radical (unpaired) electrons. The molecule has 1 aromatic heterocycles. The van der Waals surface area contributed by atoms with E-state index in [1.807, 2.05) is 12.1 Å². The van der Waals surface area contributed by atoms with Gasteiger partial charge in [-0.05, 0) is 30.9 Å². The minimum Gasteiger partial charge on any atom is -0.395 e. The number of nitriles is 1. The first kappa shape index (κ1) is 14.6. The topological polar surface area (TPSA) is 75.0 Å². The molecule has 4 heteroatoms. The van der Waals surface area contributed by atoms with Gasteiger partial charge in [0.2, 0.25) is 0 Å². The summed E-state index contributed by atoms with van der Waals surface area (Å²) in [5, 5.41) is 18.9. The van der Waals surface area contributed by atoms with Crippen LogP contribution in [0.25, 0.3) is 10.9 Å². The van der Waals surface area contributed by atoms with Crippen molar-refractivity contribution in [2.24, 2.45) is 5.73 Å². The second-order valence-electron chi connectivity index (χ2n) is 5.13. The van der Waals surface area contributed by atoms with Crippen molar-refractivity contribution in [1.29, 1.82) is 5.26 Å². The van der Waals surface area contributed by atoms with Crippen molar-refractivity contribution in [1.82, 2.24) is 4.57 Å². The van der Waals surface area contributed by atoms with Gasteiger partial charge in [-0.25, -0.2) is 0 Å². The number of nitrogens with two attached hydrogens (primary N) is 1. The Morgan fingerprint density at radius 1 is 1.30 bits per heavy atom. The SMILES string of the molecule is N#CCCCCn1cc(C[C@H](N)CO)c2ccccc21. The maximum atomic E-state index is 9.11. The molecule has 0 amide bonds. The van der Waals surface area contributed by atoms with Crippen LogP contribution < -0.4 is 5.73 Å². The molecule has 3 N–H and O–H groups in total. The first-order valence-corrected chi connectivity index (χ1v) is 7.06. The van der Waals surface area contributed by atoms with Gasteiger partial charge in [-0.1, -0.05) is 18.2 Å². The summed E-state index contributed by atoms with van der Waals surface area (Å²) in [6, 6.07) is 10.2. The minimum absolute atomic E-state index is 0.00166. The van der Waals surface area contributed by atoms with E-state index in [-0.39, 0.29) is 12.6 Å². The number of benzene rings is 1. The maximum absolute atomic E-state index is 9.11. The van der Waals surface area contributed by atoms with Crippen molar-refractivity contribution in [3.63, 3.8) is 0 Å². The molecule has 0 aliphatic heterocycles. The largest absolute Gasteiger partial charge is 0.395 e. The van der Waals surface area contributed by atoms with Crippen LogP contribution >= 0.6 is 0 Å². The molecule has 2 rings (SSSR count). The molecule has 2 aromatic rings. The molecule has 0 saturated carbocycles. The number of rotatable bonds is 7. The van der Waals surface area contributed by atoms with Crippen molar-refractivity contribution >= 4 is 10.9 Å². The molecule has 0 saturated heterocycles. The van der Waals surface area contributed by atoms with Crippen molar-refractivity contribution in [2.45, 2.75) is 38.3 Å². The quantitative estimate of drug-likeness (QED) is 0.758. The first-order valence-electron chi connectivity index (χ1n) is 7.06. The number of para-hydroxylation sites is 1. The van der Waals surface area contributed by atoms with E-state index in [1.165, 1.54) is 16.5 Å². The summed E-state index contributed by atoms with van der Waals surface area (Å²) >= 11 is 0. The highest BCUT2D eigenvalue weighted by Gasteiger charge is 2.10. The van der Waals surface area contributed by atoms with Gasteiger partial charge >= 0.3 is 0 Å². The van der Waals surface area contributed by atoms with Crippen LogP contribution in [0.3, 0.4) is 0 Å². The van der Waals surface area contributed by atoms with Gasteiger partial charge in [0, 0.05) is 36.1 Å². The number of nitrogens with zero attached hydrogens (tertiary/aromatic N) is 2. The lowest BCUT2D eigenvalue weighted by atomic mass is 10.1. The Bertz CT molecular complexity index is 597. The van der Waals surface area contributed by atoms with Crippen LogP contribution in [-0.4, -0.2) is 22.3 Å². The Kier molecular flexibility index (Phi) is 5.16. The van der Waals surface area contributed by atoms with Crippen LogP contribution in [0.4, 0.5) is 0 Å².